The van der Waals surface area contributed by atoms with Crippen molar-refractivity contribution < 1.29 is 4.74 Å². The highest BCUT2D eigenvalue weighted by molar-refractivity contribution is 7.71. The fourth-order valence-electron chi connectivity index (χ4n) is 2.41. The third-order valence-electron chi connectivity index (χ3n) is 3.50. The third-order valence-corrected chi connectivity index (χ3v) is 3.79. The average molecular weight is 284 g/mol. The minimum atomic E-state index is 0.675. The second-order valence-corrected chi connectivity index (χ2v) is 5.03. The monoisotopic (exact) mass is 284 g/mol. The van der Waals surface area contributed by atoms with Gasteiger partial charge in [-0.25, -0.2) is 0 Å². The Labute approximate surface area is 122 Å². The van der Waals surface area contributed by atoms with E-state index in [1.165, 1.54) is 5.56 Å². The molecule has 0 bridgehead atoms. The van der Waals surface area contributed by atoms with Crippen molar-refractivity contribution in [2.75, 3.05) is 7.11 Å². The number of aromatic nitrogens is 2. The molecule has 1 heterocycles. The van der Waals surface area contributed by atoms with Crippen LogP contribution in [0.4, 0.5) is 0 Å². The molecule has 0 fully saturated rings. The van der Waals surface area contributed by atoms with Crippen LogP contribution in [0.15, 0.2) is 42.5 Å². The molecule has 0 amide bonds. The summed E-state index contributed by atoms with van der Waals surface area (Å²) in [6, 6.07) is 14.4. The topological polar surface area (TPSA) is 29.9 Å². The summed E-state index contributed by atoms with van der Waals surface area (Å²) < 4.78 is 8.09. The van der Waals surface area contributed by atoms with E-state index >= 15 is 0 Å². The van der Waals surface area contributed by atoms with Gasteiger partial charge in [0.2, 0.25) is 0 Å². The second kappa shape index (κ2) is 5.13. The first-order chi connectivity index (χ1) is 9.74. The molecule has 0 aliphatic carbocycles. The largest absolute Gasteiger partial charge is 0.494 e. The molecule has 0 saturated carbocycles. The maximum Gasteiger partial charge on any atom is 0.182 e. The number of imidazole rings is 1. The van der Waals surface area contributed by atoms with Crippen LogP contribution >= 0.6 is 12.2 Å². The zero-order valence-corrected chi connectivity index (χ0v) is 12.3. The van der Waals surface area contributed by atoms with E-state index in [9.17, 15) is 0 Å². The van der Waals surface area contributed by atoms with E-state index in [4.69, 9.17) is 17.0 Å². The molecule has 0 atom stereocenters. The highest BCUT2D eigenvalue weighted by Crippen LogP contribution is 2.27. The van der Waals surface area contributed by atoms with Crippen molar-refractivity contribution in [2.24, 2.45) is 0 Å². The number of benzene rings is 2. The molecule has 4 heteroatoms. The van der Waals surface area contributed by atoms with E-state index in [2.05, 4.69) is 36.2 Å². The van der Waals surface area contributed by atoms with Gasteiger partial charge in [-0.2, -0.15) is 0 Å². The molecule has 1 N–H and O–H groups in total. The number of rotatable bonds is 3. The summed E-state index contributed by atoms with van der Waals surface area (Å²) >= 11 is 5.46. The predicted molar refractivity (Wildman–Crippen MR) is 84.4 cm³/mol. The Morgan fingerprint density at radius 1 is 1.15 bits per heavy atom. The Morgan fingerprint density at radius 3 is 2.55 bits per heavy atom. The number of nitrogens with one attached hydrogen (secondary N) is 1. The Bertz CT molecular complexity index is 799. The summed E-state index contributed by atoms with van der Waals surface area (Å²) in [5, 5.41) is 0. The molecule has 3 nitrogen and oxygen atoms in total. The quantitative estimate of drug-likeness (QED) is 0.728. The normalized spacial score (nSPS) is 10.9. The third kappa shape index (κ3) is 2.02. The smallest absolute Gasteiger partial charge is 0.182 e. The van der Waals surface area contributed by atoms with Gasteiger partial charge in [0.15, 0.2) is 4.77 Å². The highest BCUT2D eigenvalue weighted by Gasteiger charge is 2.09. The maximum absolute atomic E-state index is 5.46. The van der Waals surface area contributed by atoms with Crippen LogP contribution in [-0.4, -0.2) is 16.7 Å². The van der Waals surface area contributed by atoms with Crippen molar-refractivity contribution in [2.45, 2.75) is 13.3 Å². The van der Waals surface area contributed by atoms with Gasteiger partial charge in [-0.1, -0.05) is 25.1 Å². The lowest BCUT2D eigenvalue weighted by Crippen LogP contribution is -1.94. The second-order valence-electron chi connectivity index (χ2n) is 4.64. The first kappa shape index (κ1) is 12.9. The van der Waals surface area contributed by atoms with Crippen molar-refractivity contribution in [3.05, 3.63) is 52.8 Å². The van der Waals surface area contributed by atoms with Crippen LogP contribution in [0.25, 0.3) is 16.7 Å². The number of fused-ring (bicyclic) bond motifs is 1. The summed E-state index contributed by atoms with van der Waals surface area (Å²) in [4.78, 5) is 3.23. The molecule has 20 heavy (non-hydrogen) atoms. The summed E-state index contributed by atoms with van der Waals surface area (Å²) in [6.07, 6.45) is 1.04. The van der Waals surface area contributed by atoms with E-state index < -0.39 is 0 Å². The molecular formula is C16H16N2OS. The fraction of sp³-hybridized carbons (Fsp3) is 0.188. The van der Waals surface area contributed by atoms with Gasteiger partial charge in [0.25, 0.3) is 0 Å². The number of H-pyrrole nitrogens is 1. The van der Waals surface area contributed by atoms with Crippen LogP contribution in [0.2, 0.25) is 0 Å². The van der Waals surface area contributed by atoms with E-state index in [1.54, 1.807) is 7.11 Å². The highest BCUT2D eigenvalue weighted by atomic mass is 32.1. The van der Waals surface area contributed by atoms with E-state index in [-0.39, 0.29) is 0 Å². The number of hydrogen-bond acceptors (Lipinski definition) is 2. The minimum absolute atomic E-state index is 0.675. The van der Waals surface area contributed by atoms with Gasteiger partial charge in [-0.15, -0.1) is 0 Å². The molecule has 0 radical (unpaired) electrons. The van der Waals surface area contributed by atoms with Gasteiger partial charge in [0.1, 0.15) is 11.3 Å². The first-order valence-corrected chi connectivity index (χ1v) is 7.02. The molecule has 102 valence electrons. The average Bonchev–Trinajstić information content (AvgIpc) is 2.83. The van der Waals surface area contributed by atoms with Crippen LogP contribution in [0.5, 0.6) is 5.75 Å². The Kier molecular flexibility index (Phi) is 3.32. The van der Waals surface area contributed by atoms with E-state index in [0.717, 1.165) is 28.9 Å². The van der Waals surface area contributed by atoms with Crippen molar-refractivity contribution in [1.29, 1.82) is 0 Å². The molecule has 2 aromatic carbocycles. The predicted octanol–water partition coefficient (Wildman–Crippen LogP) is 4.26. The molecule has 3 rings (SSSR count). The molecule has 0 spiro atoms. The zero-order valence-electron chi connectivity index (χ0n) is 11.5. The van der Waals surface area contributed by atoms with Gasteiger partial charge in [-0.3, -0.25) is 4.57 Å². The van der Waals surface area contributed by atoms with Crippen LogP contribution < -0.4 is 4.74 Å². The van der Waals surface area contributed by atoms with Gasteiger partial charge in [-0.05, 0) is 48.5 Å². The summed E-state index contributed by atoms with van der Waals surface area (Å²) in [7, 11) is 1.67. The van der Waals surface area contributed by atoms with Crippen LogP contribution in [0.1, 0.15) is 12.5 Å². The summed E-state index contributed by atoms with van der Waals surface area (Å²) in [5.74, 6) is 0.803. The SMILES string of the molecule is CCc1ccc(-n2c(=S)[nH]c3c(OC)cccc32)cc1. The van der Waals surface area contributed by atoms with Gasteiger partial charge in [0, 0.05) is 5.69 Å². The van der Waals surface area contributed by atoms with Crippen molar-refractivity contribution in [1.82, 2.24) is 9.55 Å². The summed E-state index contributed by atoms with van der Waals surface area (Å²) in [5.41, 5.74) is 4.34. The van der Waals surface area contributed by atoms with Crippen LogP contribution in [0.3, 0.4) is 0 Å². The Balaban J connectivity index is 2.25. The lowest BCUT2D eigenvalue weighted by atomic mass is 10.1. The van der Waals surface area contributed by atoms with Crippen molar-refractivity contribution in [3.8, 4) is 11.4 Å². The molecule has 0 aliphatic rings. The lowest BCUT2D eigenvalue weighted by molar-refractivity contribution is 0.419. The number of ether oxygens (including phenoxy) is 1. The van der Waals surface area contributed by atoms with Gasteiger partial charge >= 0.3 is 0 Å². The molecular weight excluding hydrogens is 268 g/mol. The zero-order chi connectivity index (χ0) is 14.1. The van der Waals surface area contributed by atoms with Crippen LogP contribution in [0, 0.1) is 4.77 Å². The first-order valence-electron chi connectivity index (χ1n) is 6.61. The number of hydrogen-bond donors (Lipinski definition) is 1. The van der Waals surface area contributed by atoms with Crippen molar-refractivity contribution in [3.63, 3.8) is 0 Å². The molecule has 1 aromatic heterocycles. The Morgan fingerprint density at radius 2 is 1.90 bits per heavy atom. The Hall–Kier alpha value is -2.07. The van der Waals surface area contributed by atoms with Gasteiger partial charge < -0.3 is 9.72 Å². The maximum atomic E-state index is 5.46. The summed E-state index contributed by atoms with van der Waals surface area (Å²) in [6.45, 7) is 2.15. The molecule has 0 saturated heterocycles. The van der Waals surface area contributed by atoms with E-state index in [1.807, 2.05) is 22.8 Å². The fourth-order valence-corrected chi connectivity index (χ4v) is 2.72. The standard InChI is InChI=1S/C16H16N2OS/c1-3-11-7-9-12(10-8-11)18-13-5-4-6-14(19-2)15(13)17-16(18)20/h4-10H,3H2,1-2H3,(H,17,20). The minimum Gasteiger partial charge on any atom is -0.494 e. The number of para-hydroxylation sites is 1. The number of methoxy groups -OCH3 is 1. The molecule has 0 unspecified atom stereocenters. The van der Waals surface area contributed by atoms with E-state index in [0.29, 0.717) is 4.77 Å². The van der Waals surface area contributed by atoms with Gasteiger partial charge in [0.05, 0.1) is 12.6 Å². The van der Waals surface area contributed by atoms with Crippen molar-refractivity contribution >= 4 is 23.3 Å². The number of aromatic amines is 1. The van der Waals surface area contributed by atoms with Crippen LogP contribution in [-0.2, 0) is 6.42 Å². The number of nitrogens with zero attached hydrogens (tertiary/aromatic N) is 1. The number of aryl methyl sites for hydroxylation is 1. The molecule has 3 aromatic rings. The molecule has 0 aliphatic heterocycles. The lowest BCUT2D eigenvalue weighted by Gasteiger charge is -2.06.